The first-order chi connectivity index (χ1) is 9.50. The molecule has 4 nitrogen and oxygen atoms in total. The molecule has 21 heavy (non-hydrogen) atoms. The van der Waals surface area contributed by atoms with Crippen LogP contribution in [0.4, 0.5) is 22.0 Å². The Morgan fingerprint density at radius 1 is 1.10 bits per heavy atom. The lowest BCUT2D eigenvalue weighted by atomic mass is 10.3. The number of halogens is 5. The monoisotopic (exact) mass is 334 g/mol. The number of ether oxygens (including phenoxy) is 1. The number of hydrogen-bond donors (Lipinski definition) is 0. The van der Waals surface area contributed by atoms with E-state index in [9.17, 15) is 30.4 Å². The quantitative estimate of drug-likeness (QED) is 0.568. The number of para-hydroxylation sites is 1. The van der Waals surface area contributed by atoms with E-state index in [1.54, 1.807) is 0 Å². The van der Waals surface area contributed by atoms with Gasteiger partial charge < -0.3 is 4.74 Å². The summed E-state index contributed by atoms with van der Waals surface area (Å²) in [5.74, 6) is -1.50. The Hall–Kier alpha value is -1.42. The molecule has 0 aromatic heterocycles. The van der Waals surface area contributed by atoms with Crippen molar-refractivity contribution in [3.8, 4) is 5.75 Å². The molecule has 0 radical (unpaired) electrons. The van der Waals surface area contributed by atoms with E-state index in [-0.39, 0.29) is 0 Å². The standard InChI is InChI=1S/C11H11F5O4S/c1-2-21(17,18)20-11(15,16)9(12)10(13,14)19-8-6-4-3-5-7-8/h3-7,9H,2H2,1H3. The number of hydrogen-bond acceptors (Lipinski definition) is 4. The molecule has 1 aromatic carbocycles. The summed E-state index contributed by atoms with van der Waals surface area (Å²) in [6.45, 7) is 0.928. The van der Waals surface area contributed by atoms with E-state index in [1.807, 2.05) is 0 Å². The maximum Gasteiger partial charge on any atom is 0.438 e. The molecule has 0 saturated heterocycles. The van der Waals surface area contributed by atoms with E-state index in [1.165, 1.54) is 18.2 Å². The third-order valence-electron chi connectivity index (χ3n) is 2.18. The van der Waals surface area contributed by atoms with Crippen LogP contribution >= 0.6 is 0 Å². The van der Waals surface area contributed by atoms with E-state index >= 15 is 0 Å². The van der Waals surface area contributed by atoms with Crippen LogP contribution in [0.25, 0.3) is 0 Å². The molecule has 0 aliphatic carbocycles. The maximum atomic E-state index is 13.3. The normalized spacial score (nSPS) is 14.8. The highest BCUT2D eigenvalue weighted by Gasteiger charge is 2.61. The molecular formula is C11H11F5O4S. The van der Waals surface area contributed by atoms with Crippen LogP contribution in [-0.2, 0) is 14.3 Å². The Balaban J connectivity index is 2.91. The van der Waals surface area contributed by atoms with Crippen molar-refractivity contribution in [3.05, 3.63) is 30.3 Å². The number of rotatable bonds is 7. The van der Waals surface area contributed by atoms with Crippen molar-refractivity contribution in [1.29, 1.82) is 0 Å². The highest BCUT2D eigenvalue weighted by Crippen LogP contribution is 2.37. The van der Waals surface area contributed by atoms with E-state index in [4.69, 9.17) is 0 Å². The summed E-state index contributed by atoms with van der Waals surface area (Å²) in [7, 11) is -4.83. The lowest BCUT2D eigenvalue weighted by molar-refractivity contribution is -0.319. The van der Waals surface area contributed by atoms with Gasteiger partial charge in [-0.2, -0.15) is 30.2 Å². The lowest BCUT2D eigenvalue weighted by Crippen LogP contribution is -2.50. The molecule has 0 aliphatic rings. The van der Waals surface area contributed by atoms with Crippen LogP contribution < -0.4 is 4.74 Å². The Labute approximate surface area is 117 Å². The summed E-state index contributed by atoms with van der Waals surface area (Å²) in [5, 5.41) is 0. The minimum Gasteiger partial charge on any atom is -0.430 e. The zero-order chi connectivity index (χ0) is 16.3. The van der Waals surface area contributed by atoms with Gasteiger partial charge in [-0.15, -0.1) is 0 Å². The second kappa shape index (κ2) is 6.14. The average molecular weight is 334 g/mol. The van der Waals surface area contributed by atoms with Crippen LogP contribution in [0.3, 0.4) is 0 Å². The van der Waals surface area contributed by atoms with Gasteiger partial charge in [-0.3, -0.25) is 0 Å². The highest BCUT2D eigenvalue weighted by molar-refractivity contribution is 7.86. The van der Waals surface area contributed by atoms with Crippen molar-refractivity contribution in [2.24, 2.45) is 0 Å². The van der Waals surface area contributed by atoms with Crippen molar-refractivity contribution < 1.29 is 39.3 Å². The van der Waals surface area contributed by atoms with Crippen molar-refractivity contribution in [2.75, 3.05) is 5.75 Å². The molecule has 10 heteroatoms. The maximum absolute atomic E-state index is 13.3. The minimum absolute atomic E-state index is 0.570. The molecule has 0 heterocycles. The Morgan fingerprint density at radius 3 is 2.10 bits per heavy atom. The predicted molar refractivity (Wildman–Crippen MR) is 62.4 cm³/mol. The van der Waals surface area contributed by atoms with Gasteiger partial charge in [-0.05, 0) is 19.1 Å². The molecule has 0 amide bonds. The van der Waals surface area contributed by atoms with Crippen LogP contribution in [0.2, 0.25) is 0 Å². The summed E-state index contributed by atoms with van der Waals surface area (Å²) in [6, 6.07) is 5.93. The van der Waals surface area contributed by atoms with Crippen molar-refractivity contribution in [2.45, 2.75) is 25.3 Å². The molecule has 1 rings (SSSR count). The van der Waals surface area contributed by atoms with Gasteiger partial charge in [0.15, 0.2) is 0 Å². The fourth-order valence-corrected chi connectivity index (χ4v) is 1.70. The van der Waals surface area contributed by atoms with Gasteiger partial charge in [0.25, 0.3) is 16.3 Å². The molecule has 120 valence electrons. The first kappa shape index (κ1) is 17.6. The molecule has 1 unspecified atom stereocenters. The molecule has 0 spiro atoms. The summed E-state index contributed by atoms with van der Waals surface area (Å²) < 4.78 is 95.0. The topological polar surface area (TPSA) is 52.6 Å². The molecule has 0 N–H and O–H groups in total. The van der Waals surface area contributed by atoms with Crippen molar-refractivity contribution in [1.82, 2.24) is 0 Å². The van der Waals surface area contributed by atoms with Crippen molar-refractivity contribution >= 4 is 10.1 Å². The Bertz CT molecular complexity index is 561. The Kier molecular flexibility index (Phi) is 5.16. The predicted octanol–water partition coefficient (Wildman–Crippen LogP) is 2.96. The van der Waals surface area contributed by atoms with Gasteiger partial charge in [0.1, 0.15) is 5.75 Å². The van der Waals surface area contributed by atoms with E-state index in [0.717, 1.165) is 19.1 Å². The van der Waals surface area contributed by atoms with Gasteiger partial charge in [0.05, 0.1) is 5.75 Å². The molecule has 0 saturated carbocycles. The SMILES string of the molecule is CCS(=O)(=O)OC(F)(F)C(F)C(F)(F)Oc1ccccc1. The summed E-state index contributed by atoms with van der Waals surface area (Å²) in [6.07, 6.45) is -14.6. The second-order valence-electron chi connectivity index (χ2n) is 3.83. The Morgan fingerprint density at radius 2 is 1.62 bits per heavy atom. The summed E-state index contributed by atoms with van der Waals surface area (Å²) in [4.78, 5) is 0. The first-order valence-corrected chi connectivity index (χ1v) is 7.15. The van der Waals surface area contributed by atoms with Gasteiger partial charge in [0, 0.05) is 0 Å². The summed E-state index contributed by atoms with van der Waals surface area (Å²) in [5.41, 5.74) is 0. The summed E-state index contributed by atoms with van der Waals surface area (Å²) >= 11 is 0. The molecular weight excluding hydrogens is 323 g/mol. The highest BCUT2D eigenvalue weighted by atomic mass is 32.2. The molecule has 0 fully saturated rings. The second-order valence-corrected chi connectivity index (χ2v) is 5.69. The van der Waals surface area contributed by atoms with Gasteiger partial charge in [0.2, 0.25) is 0 Å². The smallest absolute Gasteiger partial charge is 0.430 e. The minimum atomic E-state index is -5.27. The van der Waals surface area contributed by atoms with Crippen LogP contribution in [0.15, 0.2) is 30.3 Å². The molecule has 1 aromatic rings. The zero-order valence-corrected chi connectivity index (χ0v) is 11.4. The average Bonchev–Trinajstić information content (AvgIpc) is 2.37. The number of alkyl halides is 5. The van der Waals surface area contributed by atoms with Crippen LogP contribution in [-0.4, -0.2) is 32.6 Å². The molecule has 0 aliphatic heterocycles. The van der Waals surface area contributed by atoms with E-state index in [0.29, 0.717) is 0 Å². The van der Waals surface area contributed by atoms with Crippen LogP contribution in [0.1, 0.15) is 6.92 Å². The van der Waals surface area contributed by atoms with Crippen molar-refractivity contribution in [3.63, 3.8) is 0 Å². The zero-order valence-electron chi connectivity index (χ0n) is 10.6. The van der Waals surface area contributed by atoms with Gasteiger partial charge in [-0.1, -0.05) is 18.2 Å². The van der Waals surface area contributed by atoms with E-state index in [2.05, 4.69) is 8.92 Å². The number of benzene rings is 1. The lowest BCUT2D eigenvalue weighted by Gasteiger charge is -2.26. The molecule has 1 atom stereocenters. The van der Waals surface area contributed by atoms with Crippen LogP contribution in [0, 0.1) is 0 Å². The van der Waals surface area contributed by atoms with Gasteiger partial charge >= 0.3 is 12.2 Å². The fourth-order valence-electron chi connectivity index (χ4n) is 1.16. The molecule has 0 bridgehead atoms. The van der Waals surface area contributed by atoms with Crippen LogP contribution in [0.5, 0.6) is 5.75 Å². The third kappa shape index (κ3) is 4.81. The van der Waals surface area contributed by atoms with E-state index < -0.39 is 40.0 Å². The first-order valence-electron chi connectivity index (χ1n) is 5.57. The fraction of sp³-hybridized carbons (Fsp3) is 0.455. The third-order valence-corrected chi connectivity index (χ3v) is 3.36. The largest absolute Gasteiger partial charge is 0.438 e. The van der Waals surface area contributed by atoms with Gasteiger partial charge in [-0.25, -0.2) is 4.39 Å².